The second-order valence-electron chi connectivity index (χ2n) is 4.09. The van der Waals surface area contributed by atoms with E-state index in [0.29, 0.717) is 5.56 Å². The Bertz CT molecular complexity index is 591. The average Bonchev–Trinajstić information content (AvgIpc) is 2.38. The largest absolute Gasteiger partial charge is 0.478 e. The van der Waals surface area contributed by atoms with Gasteiger partial charge in [-0.2, -0.15) is 0 Å². The summed E-state index contributed by atoms with van der Waals surface area (Å²) in [5, 5.41) is 9.27. The molecule has 0 heterocycles. The van der Waals surface area contributed by atoms with Crippen molar-refractivity contribution in [3.63, 3.8) is 0 Å². The van der Waals surface area contributed by atoms with Crippen molar-refractivity contribution in [1.82, 2.24) is 0 Å². The van der Waals surface area contributed by atoms with Gasteiger partial charge in [-0.25, -0.2) is 4.79 Å². The molecule has 0 atom stereocenters. The third-order valence-corrected chi connectivity index (χ3v) is 3.51. The van der Waals surface area contributed by atoms with Gasteiger partial charge in [-0.3, -0.25) is 0 Å². The van der Waals surface area contributed by atoms with Crippen molar-refractivity contribution in [1.29, 1.82) is 0 Å². The first kappa shape index (κ1) is 12.7. The van der Waals surface area contributed by atoms with Crippen molar-refractivity contribution in [3.8, 4) is 11.1 Å². The van der Waals surface area contributed by atoms with E-state index in [1.54, 1.807) is 17.8 Å². The maximum atomic E-state index is 11.3. The quantitative estimate of drug-likeness (QED) is 0.843. The number of carboxylic acids is 1. The van der Waals surface area contributed by atoms with Crippen molar-refractivity contribution in [2.24, 2.45) is 0 Å². The van der Waals surface area contributed by atoms with Crippen molar-refractivity contribution in [3.05, 3.63) is 53.6 Å². The van der Waals surface area contributed by atoms with Gasteiger partial charge in [0.05, 0.1) is 5.56 Å². The zero-order valence-corrected chi connectivity index (χ0v) is 11.1. The molecule has 18 heavy (non-hydrogen) atoms. The van der Waals surface area contributed by atoms with E-state index in [1.165, 1.54) is 0 Å². The van der Waals surface area contributed by atoms with E-state index >= 15 is 0 Å². The Kier molecular flexibility index (Phi) is 3.72. The topological polar surface area (TPSA) is 37.3 Å². The van der Waals surface area contributed by atoms with Gasteiger partial charge in [-0.15, -0.1) is 11.8 Å². The van der Waals surface area contributed by atoms with Gasteiger partial charge in [-0.1, -0.05) is 29.8 Å². The summed E-state index contributed by atoms with van der Waals surface area (Å²) < 4.78 is 0. The van der Waals surface area contributed by atoms with Gasteiger partial charge < -0.3 is 5.11 Å². The highest BCUT2D eigenvalue weighted by atomic mass is 32.2. The molecule has 0 fully saturated rings. The zero-order valence-electron chi connectivity index (χ0n) is 10.3. The minimum absolute atomic E-state index is 0.355. The molecule has 2 aromatic rings. The van der Waals surface area contributed by atoms with Crippen molar-refractivity contribution < 1.29 is 9.90 Å². The number of aromatic carboxylic acids is 1. The molecule has 0 amide bonds. The lowest BCUT2D eigenvalue weighted by Crippen LogP contribution is -2.00. The van der Waals surface area contributed by atoms with Crippen LogP contribution in [0.4, 0.5) is 0 Å². The molecule has 0 unspecified atom stereocenters. The number of hydrogen-bond acceptors (Lipinski definition) is 2. The highest BCUT2D eigenvalue weighted by molar-refractivity contribution is 7.98. The van der Waals surface area contributed by atoms with Crippen LogP contribution in [-0.4, -0.2) is 17.3 Å². The highest BCUT2D eigenvalue weighted by Gasteiger charge is 2.11. The van der Waals surface area contributed by atoms with Gasteiger partial charge in [0.2, 0.25) is 0 Å². The minimum Gasteiger partial charge on any atom is -0.478 e. The number of hydrogen-bond donors (Lipinski definition) is 1. The Balaban J connectivity index is 2.59. The Morgan fingerprint density at radius 3 is 2.61 bits per heavy atom. The van der Waals surface area contributed by atoms with Crippen molar-refractivity contribution in [2.75, 3.05) is 6.26 Å². The molecule has 3 heteroatoms. The Morgan fingerprint density at radius 1 is 1.17 bits per heavy atom. The predicted octanol–water partition coefficient (Wildman–Crippen LogP) is 4.08. The molecule has 0 saturated carbocycles. The van der Waals surface area contributed by atoms with Gasteiger partial charge in [-0.05, 0) is 42.5 Å². The maximum Gasteiger partial charge on any atom is 0.336 e. The minimum atomic E-state index is -0.886. The lowest BCUT2D eigenvalue weighted by Gasteiger charge is -2.08. The van der Waals surface area contributed by atoms with E-state index in [4.69, 9.17) is 0 Å². The molecular weight excluding hydrogens is 244 g/mol. The number of carbonyl (C=O) groups is 1. The number of aryl methyl sites for hydroxylation is 1. The maximum absolute atomic E-state index is 11.3. The fourth-order valence-electron chi connectivity index (χ4n) is 1.88. The SMILES string of the molecule is CSc1cccc(-c2ccc(C)cc2C(=O)O)c1. The normalized spacial score (nSPS) is 10.3. The van der Waals surface area contributed by atoms with Crippen LogP contribution in [0.3, 0.4) is 0 Å². The van der Waals surface area contributed by atoms with Gasteiger partial charge in [0.25, 0.3) is 0 Å². The average molecular weight is 258 g/mol. The van der Waals surface area contributed by atoms with Crippen LogP contribution in [0.1, 0.15) is 15.9 Å². The lowest BCUT2D eigenvalue weighted by atomic mass is 9.98. The molecule has 0 saturated heterocycles. The van der Waals surface area contributed by atoms with Crippen molar-refractivity contribution in [2.45, 2.75) is 11.8 Å². The molecule has 0 bridgehead atoms. The molecule has 0 aliphatic carbocycles. The Labute approximate surface area is 111 Å². The third-order valence-electron chi connectivity index (χ3n) is 2.79. The van der Waals surface area contributed by atoms with E-state index < -0.39 is 5.97 Å². The lowest BCUT2D eigenvalue weighted by molar-refractivity contribution is 0.0697. The number of thioether (sulfide) groups is 1. The molecule has 1 N–H and O–H groups in total. The summed E-state index contributed by atoms with van der Waals surface area (Å²) in [6, 6.07) is 13.4. The summed E-state index contributed by atoms with van der Waals surface area (Å²) in [6.07, 6.45) is 2.01. The molecule has 0 aliphatic heterocycles. The summed E-state index contributed by atoms with van der Waals surface area (Å²) in [4.78, 5) is 12.4. The van der Waals surface area contributed by atoms with E-state index in [-0.39, 0.29) is 0 Å². The molecule has 2 rings (SSSR count). The number of benzene rings is 2. The van der Waals surface area contributed by atoms with Gasteiger partial charge >= 0.3 is 5.97 Å². The first-order valence-corrected chi connectivity index (χ1v) is 6.82. The van der Waals surface area contributed by atoms with Gasteiger partial charge in [0.1, 0.15) is 0 Å². The molecular formula is C15H14O2S. The van der Waals surface area contributed by atoms with Crippen molar-refractivity contribution >= 4 is 17.7 Å². The second-order valence-corrected chi connectivity index (χ2v) is 4.97. The standard InChI is InChI=1S/C15H14O2S/c1-10-6-7-13(14(8-10)15(16)17)11-4-3-5-12(9-11)18-2/h3-9H,1-2H3,(H,16,17). The van der Waals surface area contributed by atoms with Crippen LogP contribution in [0.25, 0.3) is 11.1 Å². The van der Waals surface area contributed by atoms with Crippen LogP contribution in [0, 0.1) is 6.92 Å². The van der Waals surface area contributed by atoms with Gasteiger partial charge in [0.15, 0.2) is 0 Å². The summed E-state index contributed by atoms with van der Waals surface area (Å²) in [5.41, 5.74) is 3.02. The number of rotatable bonds is 3. The third kappa shape index (κ3) is 2.57. The molecule has 0 aromatic heterocycles. The predicted molar refractivity (Wildman–Crippen MR) is 75.4 cm³/mol. The molecule has 92 valence electrons. The van der Waals surface area contributed by atoms with Crippen LogP contribution in [0.2, 0.25) is 0 Å². The van der Waals surface area contributed by atoms with Crippen LogP contribution in [0.15, 0.2) is 47.4 Å². The second kappa shape index (κ2) is 5.27. The van der Waals surface area contributed by atoms with Gasteiger partial charge in [0, 0.05) is 4.90 Å². The smallest absolute Gasteiger partial charge is 0.336 e. The van der Waals surface area contributed by atoms with E-state index in [0.717, 1.165) is 21.6 Å². The van der Waals surface area contributed by atoms with E-state index in [9.17, 15) is 9.90 Å². The summed E-state index contributed by atoms with van der Waals surface area (Å²) in [5.74, 6) is -0.886. The number of carboxylic acid groups (broad SMARTS) is 1. The summed E-state index contributed by atoms with van der Waals surface area (Å²) in [6.45, 7) is 1.90. The molecule has 2 aromatic carbocycles. The van der Waals surface area contributed by atoms with Crippen LogP contribution in [-0.2, 0) is 0 Å². The fraction of sp³-hybridized carbons (Fsp3) is 0.133. The zero-order chi connectivity index (χ0) is 13.1. The van der Waals surface area contributed by atoms with E-state index in [2.05, 4.69) is 0 Å². The molecule has 0 aliphatic rings. The van der Waals surface area contributed by atoms with E-state index in [1.807, 2.05) is 49.6 Å². The van der Waals surface area contributed by atoms with Crippen LogP contribution in [0.5, 0.6) is 0 Å². The summed E-state index contributed by atoms with van der Waals surface area (Å²) in [7, 11) is 0. The Hall–Kier alpha value is -1.74. The summed E-state index contributed by atoms with van der Waals surface area (Å²) >= 11 is 1.65. The fourth-order valence-corrected chi connectivity index (χ4v) is 2.34. The van der Waals surface area contributed by atoms with Crippen LogP contribution >= 0.6 is 11.8 Å². The molecule has 0 radical (unpaired) electrons. The first-order valence-electron chi connectivity index (χ1n) is 5.60. The highest BCUT2D eigenvalue weighted by Crippen LogP contribution is 2.28. The molecule has 2 nitrogen and oxygen atoms in total. The monoisotopic (exact) mass is 258 g/mol. The Morgan fingerprint density at radius 2 is 1.94 bits per heavy atom. The molecule has 0 spiro atoms. The first-order chi connectivity index (χ1) is 8.61. The van der Waals surface area contributed by atoms with Crippen LogP contribution < -0.4 is 0 Å².